The maximum absolute atomic E-state index is 13.8. The molecule has 4 unspecified atom stereocenters. The lowest BCUT2D eigenvalue weighted by atomic mass is 9.99. The van der Waals surface area contributed by atoms with Gasteiger partial charge < -0.3 is 20.5 Å². The van der Waals surface area contributed by atoms with Crippen LogP contribution in [0.3, 0.4) is 0 Å². The zero-order valence-corrected chi connectivity index (χ0v) is 26.5. The largest absolute Gasteiger partial charge is 0.390 e. The van der Waals surface area contributed by atoms with Gasteiger partial charge in [-0.1, -0.05) is 60.7 Å². The standard InChI is InChI=1S/C33H42N4O6S/c1-23(25-14-9-6-10-15-25)34-32(39)26-19-27(21-28(20-26)37(3)44(4,41)42)33(40)35-29(18-24-12-7-5-8-13-24)30(38)22-36(2)31-16-11-17-43-31/h5-10,12-15,19-21,23,29-31,38H,11,16-18,22H2,1-4H3,(H,34,39)(H,35,40). The number of likely N-dealkylation sites (N-methyl/N-ethyl adjacent to an activating group) is 1. The van der Waals surface area contributed by atoms with Crippen molar-refractivity contribution >= 4 is 27.5 Å². The number of nitrogens with one attached hydrogen (secondary N) is 2. The third-order valence-electron chi connectivity index (χ3n) is 7.90. The Labute approximate surface area is 260 Å². The number of carbonyl (C=O) groups excluding carboxylic acids is 2. The van der Waals surface area contributed by atoms with E-state index < -0.39 is 34.0 Å². The van der Waals surface area contributed by atoms with Crippen LogP contribution in [-0.2, 0) is 21.2 Å². The third kappa shape index (κ3) is 8.88. The number of hydrogen-bond donors (Lipinski definition) is 3. The van der Waals surface area contributed by atoms with Gasteiger partial charge in [0, 0.05) is 31.3 Å². The van der Waals surface area contributed by atoms with Crippen molar-refractivity contribution in [3.63, 3.8) is 0 Å². The molecule has 11 heteroatoms. The Morgan fingerprint density at radius 3 is 2.11 bits per heavy atom. The Morgan fingerprint density at radius 1 is 0.955 bits per heavy atom. The average Bonchev–Trinajstić information content (AvgIpc) is 3.56. The molecule has 0 radical (unpaired) electrons. The maximum Gasteiger partial charge on any atom is 0.251 e. The summed E-state index contributed by atoms with van der Waals surface area (Å²) in [5.41, 5.74) is 2.21. The van der Waals surface area contributed by atoms with Gasteiger partial charge in [-0.2, -0.15) is 0 Å². The van der Waals surface area contributed by atoms with Crippen molar-refractivity contribution in [1.82, 2.24) is 15.5 Å². The van der Waals surface area contributed by atoms with Gasteiger partial charge >= 0.3 is 0 Å². The molecule has 236 valence electrons. The molecular weight excluding hydrogens is 580 g/mol. The van der Waals surface area contributed by atoms with Crippen LogP contribution in [0.2, 0.25) is 0 Å². The van der Waals surface area contributed by atoms with Gasteiger partial charge in [-0.05, 0) is 62.6 Å². The van der Waals surface area contributed by atoms with Gasteiger partial charge in [-0.3, -0.25) is 18.8 Å². The molecule has 3 N–H and O–H groups in total. The number of hydrogen-bond acceptors (Lipinski definition) is 7. The summed E-state index contributed by atoms with van der Waals surface area (Å²) >= 11 is 0. The molecule has 3 aromatic rings. The van der Waals surface area contributed by atoms with Crippen LogP contribution in [0, 0.1) is 0 Å². The van der Waals surface area contributed by atoms with Crippen LogP contribution in [0.25, 0.3) is 0 Å². The Kier molecular flexibility index (Phi) is 11.1. The highest BCUT2D eigenvalue weighted by Gasteiger charge is 2.28. The first-order chi connectivity index (χ1) is 20.9. The minimum absolute atomic E-state index is 0.0910. The lowest BCUT2D eigenvalue weighted by Gasteiger charge is -2.31. The number of aliphatic hydroxyl groups is 1. The van der Waals surface area contributed by atoms with Crippen LogP contribution in [-0.4, -0.2) is 82.1 Å². The number of benzene rings is 3. The van der Waals surface area contributed by atoms with E-state index in [9.17, 15) is 23.1 Å². The van der Waals surface area contributed by atoms with Crippen molar-refractivity contribution in [3.05, 3.63) is 101 Å². The number of anilines is 1. The first-order valence-electron chi connectivity index (χ1n) is 14.7. The average molecular weight is 623 g/mol. The van der Waals surface area contributed by atoms with Crippen LogP contribution in [0.15, 0.2) is 78.9 Å². The second-order valence-electron chi connectivity index (χ2n) is 11.3. The first-order valence-corrected chi connectivity index (χ1v) is 16.6. The summed E-state index contributed by atoms with van der Waals surface area (Å²) < 4.78 is 31.6. The lowest BCUT2D eigenvalue weighted by molar-refractivity contribution is -0.0304. The SMILES string of the molecule is CC(NC(=O)c1cc(C(=O)NC(Cc2ccccc2)C(O)CN(C)C2CCCO2)cc(N(C)S(C)(=O)=O)c1)c1ccccc1. The van der Waals surface area contributed by atoms with Gasteiger partial charge in [0.05, 0.1) is 30.1 Å². The van der Waals surface area contributed by atoms with Crippen molar-refractivity contribution in [2.24, 2.45) is 0 Å². The Bertz CT molecular complexity index is 1510. The van der Waals surface area contributed by atoms with E-state index in [1.54, 1.807) is 0 Å². The van der Waals surface area contributed by atoms with Crippen molar-refractivity contribution in [3.8, 4) is 0 Å². The molecule has 10 nitrogen and oxygen atoms in total. The van der Waals surface area contributed by atoms with E-state index in [0.29, 0.717) is 13.0 Å². The summed E-state index contributed by atoms with van der Waals surface area (Å²) in [6.45, 7) is 2.79. The molecular formula is C33H42N4O6S. The van der Waals surface area contributed by atoms with Gasteiger partial charge in [-0.15, -0.1) is 0 Å². The zero-order valence-electron chi connectivity index (χ0n) is 25.6. The number of rotatable bonds is 13. The molecule has 1 aliphatic rings. The van der Waals surface area contributed by atoms with Crippen molar-refractivity contribution in [1.29, 1.82) is 0 Å². The van der Waals surface area contributed by atoms with Crippen LogP contribution in [0.1, 0.15) is 57.7 Å². The summed E-state index contributed by atoms with van der Waals surface area (Å²) in [6, 6.07) is 22.3. The molecule has 0 spiro atoms. The van der Waals surface area contributed by atoms with E-state index in [2.05, 4.69) is 10.6 Å². The minimum Gasteiger partial charge on any atom is -0.390 e. The molecule has 3 aromatic carbocycles. The number of nitrogens with zero attached hydrogens (tertiary/aromatic N) is 2. The Morgan fingerprint density at radius 2 is 1.55 bits per heavy atom. The molecule has 1 fully saturated rings. The van der Waals surface area contributed by atoms with Crippen molar-refractivity contribution < 1.29 is 27.9 Å². The van der Waals surface area contributed by atoms with Crippen molar-refractivity contribution in [2.75, 3.05) is 37.8 Å². The number of carbonyl (C=O) groups is 2. The maximum atomic E-state index is 13.8. The first kappa shape index (κ1) is 33.1. The zero-order chi connectivity index (χ0) is 31.9. The molecule has 0 saturated carbocycles. The molecule has 44 heavy (non-hydrogen) atoms. The van der Waals surface area contributed by atoms with Gasteiger partial charge in [0.15, 0.2) is 0 Å². The van der Waals surface area contributed by atoms with E-state index in [4.69, 9.17) is 4.74 Å². The molecule has 1 saturated heterocycles. The monoisotopic (exact) mass is 622 g/mol. The summed E-state index contributed by atoms with van der Waals surface area (Å²) in [7, 11) is -0.447. The van der Waals surface area contributed by atoms with Crippen LogP contribution < -0.4 is 14.9 Å². The fourth-order valence-electron chi connectivity index (χ4n) is 5.20. The topological polar surface area (TPSA) is 128 Å². The second-order valence-corrected chi connectivity index (χ2v) is 13.4. The van der Waals surface area contributed by atoms with E-state index in [1.165, 1.54) is 25.2 Å². The summed E-state index contributed by atoms with van der Waals surface area (Å²) in [5.74, 6) is -1.00. The molecule has 1 heterocycles. The highest BCUT2D eigenvalue weighted by Crippen LogP contribution is 2.23. The number of sulfonamides is 1. The summed E-state index contributed by atoms with van der Waals surface area (Å²) in [5, 5.41) is 17.2. The molecule has 4 rings (SSSR count). The van der Waals surface area contributed by atoms with Gasteiger partial charge in [0.1, 0.15) is 6.23 Å². The molecule has 4 atom stereocenters. The van der Waals surface area contributed by atoms with E-state index in [1.807, 2.05) is 79.5 Å². The molecule has 2 amide bonds. The molecule has 0 aliphatic carbocycles. The van der Waals surface area contributed by atoms with Gasteiger partial charge in [-0.25, -0.2) is 8.42 Å². The van der Waals surface area contributed by atoms with Crippen LogP contribution >= 0.6 is 0 Å². The predicted molar refractivity (Wildman–Crippen MR) is 171 cm³/mol. The number of ether oxygens (including phenoxy) is 1. The summed E-state index contributed by atoms with van der Waals surface area (Å²) in [6.07, 6.45) is 2.19. The molecule has 1 aliphatic heterocycles. The van der Waals surface area contributed by atoms with Crippen LogP contribution in [0.5, 0.6) is 0 Å². The summed E-state index contributed by atoms with van der Waals surface area (Å²) in [4.78, 5) is 29.1. The third-order valence-corrected chi connectivity index (χ3v) is 9.11. The highest BCUT2D eigenvalue weighted by atomic mass is 32.2. The van der Waals surface area contributed by atoms with Gasteiger partial charge in [0.2, 0.25) is 10.0 Å². The predicted octanol–water partition coefficient (Wildman–Crippen LogP) is 3.34. The number of amides is 2. The molecule has 0 aromatic heterocycles. The van der Waals surface area contributed by atoms with Crippen LogP contribution in [0.4, 0.5) is 5.69 Å². The second kappa shape index (κ2) is 14.8. The smallest absolute Gasteiger partial charge is 0.251 e. The van der Waals surface area contributed by atoms with Gasteiger partial charge in [0.25, 0.3) is 11.8 Å². The molecule has 0 bridgehead atoms. The van der Waals surface area contributed by atoms with E-state index in [0.717, 1.165) is 34.5 Å². The quantitative estimate of drug-likeness (QED) is 0.267. The number of aliphatic hydroxyl groups excluding tert-OH is 1. The highest BCUT2D eigenvalue weighted by molar-refractivity contribution is 7.92. The lowest BCUT2D eigenvalue weighted by Crippen LogP contribution is -2.50. The Hall–Kier alpha value is -3.77. The minimum atomic E-state index is -3.69. The van der Waals surface area contributed by atoms with E-state index in [-0.39, 0.29) is 35.6 Å². The Balaban J connectivity index is 1.61. The fourth-order valence-corrected chi connectivity index (χ4v) is 5.69. The fraction of sp³-hybridized carbons (Fsp3) is 0.394. The van der Waals surface area contributed by atoms with Crippen molar-refractivity contribution in [2.45, 2.75) is 50.6 Å². The normalized spacial score (nSPS) is 17.1. The van der Waals surface area contributed by atoms with E-state index >= 15 is 0 Å².